The number of amides is 1. The van der Waals surface area contributed by atoms with Gasteiger partial charge in [0.1, 0.15) is 0 Å². The van der Waals surface area contributed by atoms with Crippen molar-refractivity contribution in [2.75, 3.05) is 16.2 Å². The topological polar surface area (TPSA) is 79.4 Å². The highest BCUT2D eigenvalue weighted by Gasteiger charge is 2.30. The van der Waals surface area contributed by atoms with Gasteiger partial charge in [0.25, 0.3) is 15.9 Å². The second kappa shape index (κ2) is 7.05. The Labute approximate surface area is 161 Å². The van der Waals surface area contributed by atoms with Crippen LogP contribution in [0.4, 0.5) is 15.8 Å². The van der Waals surface area contributed by atoms with Crippen LogP contribution in [0.25, 0.3) is 0 Å². The molecule has 0 radical (unpaired) electrons. The third kappa shape index (κ3) is 3.34. The summed E-state index contributed by atoms with van der Waals surface area (Å²) in [5.41, 5.74) is 2.13. The van der Waals surface area contributed by atoms with Crippen molar-refractivity contribution in [2.24, 2.45) is 0 Å². The summed E-state index contributed by atoms with van der Waals surface area (Å²) in [6, 6.07) is 15.7. The lowest BCUT2D eigenvalue weighted by atomic mass is 10.2. The van der Waals surface area contributed by atoms with Crippen molar-refractivity contribution < 1.29 is 17.6 Å². The van der Waals surface area contributed by atoms with Gasteiger partial charge in [0, 0.05) is 12.1 Å². The second-order valence-electron chi connectivity index (χ2n) is 6.31. The number of carbonyl (C=O) groups excluding carboxylic acids is 1. The van der Waals surface area contributed by atoms with Gasteiger partial charge in [-0.05, 0) is 48.4 Å². The van der Waals surface area contributed by atoms with Crippen LogP contribution < -0.4 is 9.62 Å². The zero-order valence-electron chi connectivity index (χ0n) is 14.7. The van der Waals surface area contributed by atoms with Crippen molar-refractivity contribution in [1.82, 2.24) is 4.98 Å². The van der Waals surface area contributed by atoms with Crippen molar-refractivity contribution in [1.29, 1.82) is 0 Å². The minimum absolute atomic E-state index is 0.0362. The number of pyridine rings is 1. The molecule has 1 amide bonds. The molecule has 1 aliphatic rings. The summed E-state index contributed by atoms with van der Waals surface area (Å²) in [7, 11) is -3.80. The fraction of sp³-hybridized carbons (Fsp3) is 0.100. The maximum Gasteiger partial charge on any atom is 0.264 e. The summed E-state index contributed by atoms with van der Waals surface area (Å²) in [5, 5.41) is 2.57. The van der Waals surface area contributed by atoms with Crippen LogP contribution in [0, 0.1) is 5.95 Å². The number of sulfonamides is 1. The van der Waals surface area contributed by atoms with Crippen LogP contribution in [0.2, 0.25) is 0 Å². The van der Waals surface area contributed by atoms with E-state index in [4.69, 9.17) is 0 Å². The summed E-state index contributed by atoms with van der Waals surface area (Å²) in [6.07, 6.45) is 1.84. The van der Waals surface area contributed by atoms with Gasteiger partial charge in [-0.2, -0.15) is 4.39 Å². The van der Waals surface area contributed by atoms with Crippen molar-refractivity contribution >= 4 is 27.3 Å². The molecule has 0 unspecified atom stereocenters. The second-order valence-corrected chi connectivity index (χ2v) is 8.17. The molecule has 0 saturated carbocycles. The molecule has 0 aliphatic carbocycles. The fourth-order valence-electron chi connectivity index (χ4n) is 3.14. The molecule has 0 bridgehead atoms. The summed E-state index contributed by atoms with van der Waals surface area (Å²) in [4.78, 5) is 16.0. The predicted molar refractivity (Wildman–Crippen MR) is 103 cm³/mol. The van der Waals surface area contributed by atoms with E-state index in [1.54, 1.807) is 12.1 Å². The first-order valence-corrected chi connectivity index (χ1v) is 10.0. The largest absolute Gasteiger partial charge is 0.321 e. The Bertz CT molecular complexity index is 1150. The number of halogens is 1. The Hall–Kier alpha value is -3.26. The average molecular weight is 397 g/mol. The van der Waals surface area contributed by atoms with Gasteiger partial charge in [-0.3, -0.25) is 9.10 Å². The number of anilines is 2. The van der Waals surface area contributed by atoms with E-state index in [-0.39, 0.29) is 10.5 Å². The van der Waals surface area contributed by atoms with Crippen LogP contribution in [0.3, 0.4) is 0 Å². The summed E-state index contributed by atoms with van der Waals surface area (Å²) >= 11 is 0. The van der Waals surface area contributed by atoms with Crippen LogP contribution in [0.5, 0.6) is 0 Å². The van der Waals surface area contributed by atoms with Gasteiger partial charge in [0.2, 0.25) is 5.95 Å². The van der Waals surface area contributed by atoms with Gasteiger partial charge < -0.3 is 5.32 Å². The first kappa shape index (κ1) is 18.1. The molecule has 6 nitrogen and oxygen atoms in total. The molecule has 4 rings (SSSR count). The third-order valence-corrected chi connectivity index (χ3v) is 6.32. The van der Waals surface area contributed by atoms with Crippen molar-refractivity contribution in [3.05, 3.63) is 83.9 Å². The van der Waals surface area contributed by atoms with Gasteiger partial charge >= 0.3 is 0 Å². The van der Waals surface area contributed by atoms with Gasteiger partial charge in [-0.15, -0.1) is 0 Å². The first-order chi connectivity index (χ1) is 13.4. The molecule has 0 atom stereocenters. The highest BCUT2D eigenvalue weighted by molar-refractivity contribution is 7.92. The highest BCUT2D eigenvalue weighted by atomic mass is 32.2. The lowest BCUT2D eigenvalue weighted by molar-refractivity contribution is 0.102. The molecule has 1 N–H and O–H groups in total. The molecule has 0 fully saturated rings. The number of carbonyl (C=O) groups is 1. The molecular formula is C20H16FN3O3S. The SMILES string of the molecule is O=C(Nc1ccc(F)nc1)c1cccc(S(=O)(=O)N2CCc3ccccc32)c1. The van der Waals surface area contributed by atoms with Crippen molar-refractivity contribution in [2.45, 2.75) is 11.3 Å². The van der Waals surface area contributed by atoms with Crippen LogP contribution in [-0.4, -0.2) is 25.9 Å². The van der Waals surface area contributed by atoms with E-state index in [1.807, 2.05) is 12.1 Å². The van der Waals surface area contributed by atoms with E-state index in [0.717, 1.165) is 11.6 Å². The van der Waals surface area contributed by atoms with E-state index in [0.29, 0.717) is 24.3 Å². The minimum atomic E-state index is -3.80. The van der Waals surface area contributed by atoms with E-state index in [1.165, 1.54) is 40.8 Å². The summed E-state index contributed by atoms with van der Waals surface area (Å²) in [5.74, 6) is -1.16. The molecule has 2 aromatic carbocycles. The van der Waals surface area contributed by atoms with Crippen LogP contribution in [0.1, 0.15) is 15.9 Å². The molecule has 3 aromatic rings. The summed E-state index contributed by atoms with van der Waals surface area (Å²) in [6.45, 7) is 0.360. The highest BCUT2D eigenvalue weighted by Crippen LogP contribution is 2.32. The number of nitrogens with zero attached hydrogens (tertiary/aromatic N) is 2. The van der Waals surface area contributed by atoms with E-state index in [9.17, 15) is 17.6 Å². The average Bonchev–Trinajstić information content (AvgIpc) is 3.15. The Morgan fingerprint density at radius 1 is 1.07 bits per heavy atom. The smallest absolute Gasteiger partial charge is 0.264 e. The Morgan fingerprint density at radius 3 is 2.68 bits per heavy atom. The van der Waals surface area contributed by atoms with Crippen LogP contribution in [0.15, 0.2) is 71.8 Å². The Kier molecular flexibility index (Phi) is 4.56. The zero-order chi connectivity index (χ0) is 19.7. The molecule has 142 valence electrons. The number of aromatic nitrogens is 1. The van der Waals surface area contributed by atoms with Crippen LogP contribution in [-0.2, 0) is 16.4 Å². The number of hydrogen-bond acceptors (Lipinski definition) is 4. The number of nitrogens with one attached hydrogen (secondary N) is 1. The zero-order valence-corrected chi connectivity index (χ0v) is 15.5. The lowest BCUT2D eigenvalue weighted by Gasteiger charge is -2.20. The Morgan fingerprint density at radius 2 is 1.89 bits per heavy atom. The van der Waals surface area contributed by atoms with Crippen LogP contribution >= 0.6 is 0 Å². The Balaban J connectivity index is 1.61. The monoisotopic (exact) mass is 397 g/mol. The standard InChI is InChI=1S/C20H16FN3O3S/c21-19-9-8-16(13-22-19)23-20(25)15-5-3-6-17(12-15)28(26,27)24-11-10-14-4-1-2-7-18(14)24/h1-9,12-13H,10-11H2,(H,23,25). The summed E-state index contributed by atoms with van der Waals surface area (Å²) < 4.78 is 40.5. The van der Waals surface area contributed by atoms with Gasteiger partial charge in [-0.25, -0.2) is 13.4 Å². The number of benzene rings is 2. The molecule has 1 aliphatic heterocycles. The van der Waals surface area contributed by atoms with E-state index < -0.39 is 21.9 Å². The third-order valence-electron chi connectivity index (χ3n) is 4.51. The maximum absolute atomic E-state index is 13.1. The first-order valence-electron chi connectivity index (χ1n) is 8.59. The van der Waals surface area contributed by atoms with E-state index in [2.05, 4.69) is 10.3 Å². The molecule has 0 saturated heterocycles. The molecule has 2 heterocycles. The predicted octanol–water partition coefficient (Wildman–Crippen LogP) is 3.22. The number of rotatable bonds is 4. The van der Waals surface area contributed by atoms with Gasteiger partial charge in [-0.1, -0.05) is 24.3 Å². The fourth-order valence-corrected chi connectivity index (χ4v) is 4.69. The molecular weight excluding hydrogens is 381 g/mol. The lowest BCUT2D eigenvalue weighted by Crippen LogP contribution is -2.29. The quantitative estimate of drug-likeness (QED) is 0.686. The number of hydrogen-bond donors (Lipinski definition) is 1. The minimum Gasteiger partial charge on any atom is -0.321 e. The molecule has 28 heavy (non-hydrogen) atoms. The van der Waals surface area contributed by atoms with Crippen molar-refractivity contribution in [3.8, 4) is 0 Å². The normalized spacial score (nSPS) is 13.2. The number of para-hydroxylation sites is 1. The molecule has 0 spiro atoms. The van der Waals surface area contributed by atoms with Gasteiger partial charge in [0.15, 0.2) is 0 Å². The molecule has 8 heteroatoms. The van der Waals surface area contributed by atoms with E-state index >= 15 is 0 Å². The number of fused-ring (bicyclic) bond motifs is 1. The molecule has 1 aromatic heterocycles. The van der Waals surface area contributed by atoms with Gasteiger partial charge in [0.05, 0.1) is 22.5 Å². The van der Waals surface area contributed by atoms with Crippen molar-refractivity contribution in [3.63, 3.8) is 0 Å². The maximum atomic E-state index is 13.1.